The van der Waals surface area contributed by atoms with E-state index >= 15 is 0 Å². The second-order valence-corrected chi connectivity index (χ2v) is 4.59. The zero-order chi connectivity index (χ0) is 13.0. The number of nitriles is 1. The topological polar surface area (TPSA) is 107 Å². The monoisotopic (exact) mass is 253 g/mol. The Labute approximate surface area is 102 Å². The molecular weight excluding hydrogens is 242 g/mol. The fourth-order valence-electron chi connectivity index (χ4n) is 1.14. The summed E-state index contributed by atoms with van der Waals surface area (Å²) in [5, 5.41) is 17.0. The van der Waals surface area contributed by atoms with Crippen molar-refractivity contribution >= 4 is 17.7 Å². The molecule has 7 heteroatoms. The standard InChI is InChI=1S/C10H11N3O3S/c1-3-7-6(4-11)8(14)13-10(12-7)17-5(2)9(15)16/h5H,3H2,1-2H3,(H,15,16)(H,12,13,14)/t5-/m0/s1. The summed E-state index contributed by atoms with van der Waals surface area (Å²) in [6, 6.07) is 1.79. The number of carboxylic acid groups (broad SMARTS) is 1. The second-order valence-electron chi connectivity index (χ2n) is 3.26. The van der Waals surface area contributed by atoms with E-state index in [9.17, 15) is 9.59 Å². The van der Waals surface area contributed by atoms with Crippen LogP contribution in [0.25, 0.3) is 0 Å². The number of nitrogens with zero attached hydrogens (tertiary/aromatic N) is 2. The highest BCUT2D eigenvalue weighted by molar-refractivity contribution is 8.00. The first-order valence-corrected chi connectivity index (χ1v) is 5.80. The summed E-state index contributed by atoms with van der Waals surface area (Å²) in [6.07, 6.45) is 0.446. The number of carboxylic acids is 1. The molecule has 90 valence electrons. The molecule has 0 radical (unpaired) electrons. The van der Waals surface area contributed by atoms with E-state index in [1.165, 1.54) is 6.92 Å². The number of aromatic nitrogens is 2. The first kappa shape index (κ1) is 13.3. The molecule has 1 rings (SSSR count). The Hall–Kier alpha value is -1.81. The van der Waals surface area contributed by atoms with Crippen LogP contribution in [-0.2, 0) is 11.2 Å². The van der Waals surface area contributed by atoms with Gasteiger partial charge in [-0.2, -0.15) is 5.26 Å². The van der Waals surface area contributed by atoms with Gasteiger partial charge in [0.15, 0.2) is 5.16 Å². The lowest BCUT2D eigenvalue weighted by Gasteiger charge is -2.06. The third kappa shape index (κ3) is 3.07. The van der Waals surface area contributed by atoms with E-state index in [0.717, 1.165) is 11.8 Å². The van der Waals surface area contributed by atoms with Crippen LogP contribution in [0, 0.1) is 11.3 Å². The lowest BCUT2D eigenvalue weighted by atomic mass is 10.2. The van der Waals surface area contributed by atoms with Crippen LogP contribution < -0.4 is 5.56 Å². The van der Waals surface area contributed by atoms with Crippen molar-refractivity contribution in [2.24, 2.45) is 0 Å². The van der Waals surface area contributed by atoms with Gasteiger partial charge in [-0.05, 0) is 13.3 Å². The van der Waals surface area contributed by atoms with Crippen LogP contribution in [0.2, 0.25) is 0 Å². The van der Waals surface area contributed by atoms with E-state index in [1.807, 2.05) is 0 Å². The van der Waals surface area contributed by atoms with Crippen molar-refractivity contribution in [3.63, 3.8) is 0 Å². The highest BCUT2D eigenvalue weighted by Gasteiger charge is 2.16. The summed E-state index contributed by atoms with van der Waals surface area (Å²) in [5.41, 5.74) is -0.157. The molecule has 0 aliphatic heterocycles. The van der Waals surface area contributed by atoms with Gasteiger partial charge in [0, 0.05) is 0 Å². The van der Waals surface area contributed by atoms with Crippen LogP contribution in [0.15, 0.2) is 9.95 Å². The molecule has 0 aliphatic carbocycles. The van der Waals surface area contributed by atoms with E-state index in [4.69, 9.17) is 10.4 Å². The molecule has 0 aromatic carbocycles. The van der Waals surface area contributed by atoms with Crippen molar-refractivity contribution in [2.75, 3.05) is 0 Å². The minimum atomic E-state index is -0.986. The second kappa shape index (κ2) is 5.50. The lowest BCUT2D eigenvalue weighted by Crippen LogP contribution is -2.18. The zero-order valence-corrected chi connectivity index (χ0v) is 10.2. The Bertz CT molecular complexity index is 533. The van der Waals surface area contributed by atoms with E-state index in [0.29, 0.717) is 12.1 Å². The van der Waals surface area contributed by atoms with Gasteiger partial charge in [0.25, 0.3) is 5.56 Å². The Morgan fingerprint density at radius 1 is 1.71 bits per heavy atom. The van der Waals surface area contributed by atoms with E-state index in [2.05, 4.69) is 9.97 Å². The lowest BCUT2D eigenvalue weighted by molar-refractivity contribution is -0.136. The smallest absolute Gasteiger partial charge is 0.316 e. The molecule has 17 heavy (non-hydrogen) atoms. The Balaban J connectivity index is 3.13. The van der Waals surface area contributed by atoms with Crippen molar-refractivity contribution in [3.8, 4) is 6.07 Å². The number of H-pyrrole nitrogens is 1. The fraction of sp³-hybridized carbons (Fsp3) is 0.400. The molecular formula is C10H11N3O3S. The first-order valence-electron chi connectivity index (χ1n) is 4.92. The van der Waals surface area contributed by atoms with Crippen LogP contribution in [0.4, 0.5) is 0 Å². The fourth-order valence-corrected chi connectivity index (χ4v) is 1.89. The Morgan fingerprint density at radius 2 is 2.35 bits per heavy atom. The summed E-state index contributed by atoms with van der Waals surface area (Å²) in [7, 11) is 0. The molecule has 0 aliphatic rings. The first-order chi connectivity index (χ1) is 7.99. The van der Waals surface area contributed by atoms with Crippen LogP contribution in [-0.4, -0.2) is 26.3 Å². The van der Waals surface area contributed by atoms with Crippen molar-refractivity contribution in [1.82, 2.24) is 9.97 Å². The SMILES string of the molecule is CCc1nc(S[C@@H](C)C(=O)O)[nH]c(=O)c1C#N. The van der Waals surface area contributed by atoms with Gasteiger partial charge in [0.1, 0.15) is 16.9 Å². The van der Waals surface area contributed by atoms with Crippen molar-refractivity contribution in [1.29, 1.82) is 5.26 Å². The number of aromatic amines is 1. The number of aryl methyl sites for hydroxylation is 1. The van der Waals surface area contributed by atoms with Gasteiger partial charge < -0.3 is 10.1 Å². The summed E-state index contributed by atoms with van der Waals surface area (Å²) >= 11 is 0.939. The third-order valence-electron chi connectivity index (χ3n) is 2.06. The van der Waals surface area contributed by atoms with E-state index in [1.54, 1.807) is 13.0 Å². The van der Waals surface area contributed by atoms with E-state index in [-0.39, 0.29) is 10.7 Å². The number of hydrogen-bond donors (Lipinski definition) is 2. The number of rotatable bonds is 4. The van der Waals surface area contributed by atoms with Gasteiger partial charge in [-0.15, -0.1) is 0 Å². The minimum Gasteiger partial charge on any atom is -0.480 e. The van der Waals surface area contributed by atoms with Crippen LogP contribution >= 0.6 is 11.8 Å². The highest BCUT2D eigenvalue weighted by atomic mass is 32.2. The zero-order valence-electron chi connectivity index (χ0n) is 9.35. The molecule has 1 atom stereocenters. The number of aliphatic carboxylic acids is 1. The van der Waals surface area contributed by atoms with Gasteiger partial charge in [-0.3, -0.25) is 9.59 Å². The van der Waals surface area contributed by atoms with Gasteiger partial charge >= 0.3 is 5.97 Å². The molecule has 1 aromatic heterocycles. The minimum absolute atomic E-state index is 0.0140. The van der Waals surface area contributed by atoms with Crippen LogP contribution in [0.3, 0.4) is 0 Å². The van der Waals surface area contributed by atoms with Gasteiger partial charge in [0.2, 0.25) is 0 Å². The third-order valence-corrected chi connectivity index (χ3v) is 3.03. The molecule has 0 saturated heterocycles. The molecule has 0 spiro atoms. The molecule has 1 heterocycles. The van der Waals surface area contributed by atoms with Crippen LogP contribution in [0.1, 0.15) is 25.1 Å². The van der Waals surface area contributed by atoms with Gasteiger partial charge in [-0.25, -0.2) is 4.98 Å². The molecule has 0 bridgehead atoms. The maximum absolute atomic E-state index is 11.5. The van der Waals surface area contributed by atoms with Crippen molar-refractivity contribution < 1.29 is 9.90 Å². The quantitative estimate of drug-likeness (QED) is 0.606. The normalized spacial score (nSPS) is 11.8. The average molecular weight is 253 g/mol. The highest BCUT2D eigenvalue weighted by Crippen LogP contribution is 2.19. The predicted molar refractivity (Wildman–Crippen MR) is 61.9 cm³/mol. The predicted octanol–water partition coefficient (Wildman–Crippen LogP) is 0.769. The number of thioether (sulfide) groups is 1. The Kier molecular flexibility index (Phi) is 4.29. The van der Waals surface area contributed by atoms with E-state index < -0.39 is 16.8 Å². The van der Waals surface area contributed by atoms with Gasteiger partial charge in [-0.1, -0.05) is 18.7 Å². The molecule has 0 unspecified atom stereocenters. The maximum atomic E-state index is 11.5. The van der Waals surface area contributed by atoms with Crippen LogP contribution in [0.5, 0.6) is 0 Å². The summed E-state index contributed by atoms with van der Waals surface area (Å²) in [4.78, 5) is 28.7. The molecule has 0 amide bonds. The number of nitrogens with one attached hydrogen (secondary N) is 1. The molecule has 1 aromatic rings. The molecule has 0 saturated carbocycles. The summed E-state index contributed by atoms with van der Waals surface area (Å²) in [5.74, 6) is -0.986. The van der Waals surface area contributed by atoms with Gasteiger partial charge in [0.05, 0.1) is 5.69 Å². The summed E-state index contributed by atoms with van der Waals surface area (Å²) < 4.78 is 0. The average Bonchev–Trinajstić information content (AvgIpc) is 2.27. The molecule has 2 N–H and O–H groups in total. The maximum Gasteiger partial charge on any atom is 0.316 e. The Morgan fingerprint density at radius 3 is 2.82 bits per heavy atom. The largest absolute Gasteiger partial charge is 0.480 e. The number of hydrogen-bond acceptors (Lipinski definition) is 5. The number of carbonyl (C=O) groups is 1. The molecule has 0 fully saturated rings. The van der Waals surface area contributed by atoms with Crippen molar-refractivity contribution in [2.45, 2.75) is 30.7 Å². The summed E-state index contributed by atoms with van der Waals surface area (Å²) in [6.45, 7) is 3.27. The molecule has 6 nitrogen and oxygen atoms in total. The van der Waals surface area contributed by atoms with Crippen molar-refractivity contribution in [3.05, 3.63) is 21.6 Å².